The number of rotatable bonds is 5. The fourth-order valence-corrected chi connectivity index (χ4v) is 4.25. The minimum Gasteiger partial charge on any atom is -0.463 e. The molecule has 4 rings (SSSR count). The maximum Gasteiger partial charge on any atom is 0.338 e. The number of benzene rings is 1. The van der Waals surface area contributed by atoms with Gasteiger partial charge in [-0.15, -0.1) is 11.3 Å². The molecular formula is C21H19N3O4S. The minimum atomic E-state index is -0.628. The van der Waals surface area contributed by atoms with Gasteiger partial charge >= 0.3 is 12.0 Å². The Balaban J connectivity index is 1.84. The van der Waals surface area contributed by atoms with Crippen molar-refractivity contribution < 1.29 is 14.3 Å². The van der Waals surface area contributed by atoms with Crippen LogP contribution in [0.3, 0.4) is 0 Å². The summed E-state index contributed by atoms with van der Waals surface area (Å²) < 4.78 is 7.76. The molecule has 1 aliphatic heterocycles. The van der Waals surface area contributed by atoms with E-state index in [9.17, 15) is 14.4 Å². The zero-order chi connectivity index (χ0) is 20.4. The third kappa shape index (κ3) is 3.66. The van der Waals surface area contributed by atoms with E-state index in [1.807, 2.05) is 46.3 Å². The van der Waals surface area contributed by atoms with E-state index in [0.717, 1.165) is 11.1 Å². The van der Waals surface area contributed by atoms with Crippen molar-refractivity contribution in [3.8, 4) is 0 Å². The van der Waals surface area contributed by atoms with Crippen molar-refractivity contribution in [2.75, 3.05) is 6.61 Å². The van der Waals surface area contributed by atoms with Gasteiger partial charge in [-0.3, -0.25) is 4.79 Å². The maximum absolute atomic E-state index is 12.8. The second kappa shape index (κ2) is 7.92. The van der Waals surface area contributed by atoms with Gasteiger partial charge in [-0.25, -0.2) is 9.59 Å². The molecule has 8 heteroatoms. The summed E-state index contributed by atoms with van der Waals surface area (Å²) in [6.07, 6.45) is 1.67. The van der Waals surface area contributed by atoms with Gasteiger partial charge in [-0.05, 0) is 23.9 Å². The monoisotopic (exact) mass is 409 g/mol. The number of nitrogens with zero attached hydrogens (tertiary/aromatic N) is 1. The molecule has 0 saturated heterocycles. The summed E-state index contributed by atoms with van der Waals surface area (Å²) in [5, 5.41) is 7.42. The first-order chi connectivity index (χ1) is 14.1. The maximum atomic E-state index is 12.8. The molecule has 3 heterocycles. The van der Waals surface area contributed by atoms with Crippen LogP contribution < -0.4 is 16.1 Å². The third-order valence-electron chi connectivity index (χ3n) is 4.69. The summed E-state index contributed by atoms with van der Waals surface area (Å²) in [5.41, 5.74) is 2.27. The number of ether oxygens (including phenoxy) is 1. The fraction of sp³-hybridized carbons (Fsp3) is 0.190. The van der Waals surface area contributed by atoms with Gasteiger partial charge in [0.25, 0.3) is 0 Å². The molecule has 0 saturated carbocycles. The molecule has 29 heavy (non-hydrogen) atoms. The Labute approximate surface area is 170 Å². The Kier molecular flexibility index (Phi) is 5.18. The van der Waals surface area contributed by atoms with E-state index in [4.69, 9.17) is 4.74 Å². The first kappa shape index (κ1) is 18.9. The molecule has 1 atom stereocenters. The number of hydrogen-bond donors (Lipinski definition) is 2. The second-order valence-corrected chi connectivity index (χ2v) is 7.41. The Hall–Kier alpha value is -3.39. The Morgan fingerprint density at radius 1 is 1.17 bits per heavy atom. The first-order valence-electron chi connectivity index (χ1n) is 9.17. The topological polar surface area (TPSA) is 89.4 Å². The predicted molar refractivity (Wildman–Crippen MR) is 111 cm³/mol. The number of pyridine rings is 1. The quantitative estimate of drug-likeness (QED) is 0.634. The standard InChI is InChI=1S/C21H19N3O4S/c1-2-28-20(26)17-14(12-24-10-8-16(25)19-15(24)9-11-29-19)22-21(27)23-18(17)13-6-4-3-5-7-13/h3-11,18H,2,12H2,1H3,(H2,22,23,27). The van der Waals surface area contributed by atoms with Gasteiger partial charge in [0, 0.05) is 12.3 Å². The van der Waals surface area contributed by atoms with Crippen LogP contribution >= 0.6 is 11.3 Å². The Bertz CT molecular complexity index is 1160. The lowest BCUT2D eigenvalue weighted by atomic mass is 9.95. The molecule has 2 amide bonds. The highest BCUT2D eigenvalue weighted by Gasteiger charge is 2.33. The van der Waals surface area contributed by atoms with Crippen LogP contribution in [0.15, 0.2) is 70.1 Å². The average molecular weight is 409 g/mol. The highest BCUT2D eigenvalue weighted by Crippen LogP contribution is 2.29. The molecule has 2 N–H and O–H groups in total. The summed E-state index contributed by atoms with van der Waals surface area (Å²) in [6, 6.07) is 11.6. The van der Waals surface area contributed by atoms with Crippen molar-refractivity contribution >= 4 is 33.6 Å². The van der Waals surface area contributed by atoms with Crippen LogP contribution in [0.4, 0.5) is 4.79 Å². The molecule has 3 aromatic rings. The largest absolute Gasteiger partial charge is 0.463 e. The molecule has 148 valence electrons. The predicted octanol–water partition coefficient (Wildman–Crippen LogP) is 2.93. The number of esters is 1. The van der Waals surface area contributed by atoms with E-state index in [0.29, 0.717) is 16.0 Å². The van der Waals surface area contributed by atoms with Crippen molar-refractivity contribution in [3.63, 3.8) is 0 Å². The van der Waals surface area contributed by atoms with Gasteiger partial charge in [0.2, 0.25) is 0 Å². The van der Waals surface area contributed by atoms with Crippen molar-refractivity contribution in [2.45, 2.75) is 19.5 Å². The molecule has 1 aromatic carbocycles. The fourth-order valence-electron chi connectivity index (χ4n) is 3.42. The molecule has 7 nitrogen and oxygen atoms in total. The number of allylic oxidation sites excluding steroid dienone is 1. The second-order valence-electron chi connectivity index (χ2n) is 6.50. The number of hydrogen-bond acceptors (Lipinski definition) is 5. The normalized spacial score (nSPS) is 16.4. The minimum absolute atomic E-state index is 0.0534. The van der Waals surface area contributed by atoms with Crippen LogP contribution in [0.5, 0.6) is 0 Å². The summed E-state index contributed by atoms with van der Waals surface area (Å²) in [7, 11) is 0. The highest BCUT2D eigenvalue weighted by atomic mass is 32.1. The van der Waals surface area contributed by atoms with Crippen LogP contribution in [0, 0.1) is 0 Å². The number of nitrogens with one attached hydrogen (secondary N) is 2. The SMILES string of the molecule is CCOC(=O)C1=C(Cn2ccc(=O)c3sccc32)NC(=O)NC1c1ccccc1. The zero-order valence-corrected chi connectivity index (χ0v) is 16.5. The lowest BCUT2D eigenvalue weighted by Crippen LogP contribution is -2.46. The summed E-state index contributed by atoms with van der Waals surface area (Å²) >= 11 is 1.36. The number of urea groups is 1. The number of amides is 2. The van der Waals surface area contributed by atoms with Crippen molar-refractivity contribution in [1.82, 2.24) is 15.2 Å². The van der Waals surface area contributed by atoms with E-state index < -0.39 is 18.0 Å². The molecule has 1 unspecified atom stereocenters. The Morgan fingerprint density at radius 2 is 1.97 bits per heavy atom. The molecule has 0 spiro atoms. The van der Waals surface area contributed by atoms with Crippen molar-refractivity contribution in [2.24, 2.45) is 0 Å². The van der Waals surface area contributed by atoms with Crippen molar-refractivity contribution in [1.29, 1.82) is 0 Å². The summed E-state index contributed by atoms with van der Waals surface area (Å²) in [5.74, 6) is -0.494. The molecule has 2 aromatic heterocycles. The van der Waals surface area contributed by atoms with Crippen LogP contribution in [-0.4, -0.2) is 23.2 Å². The molecule has 0 aliphatic carbocycles. The van der Waals surface area contributed by atoms with Crippen LogP contribution in [0.25, 0.3) is 10.2 Å². The number of carbonyl (C=O) groups excluding carboxylic acids is 2. The van der Waals surface area contributed by atoms with E-state index in [1.54, 1.807) is 13.1 Å². The van der Waals surface area contributed by atoms with E-state index in [-0.39, 0.29) is 18.6 Å². The average Bonchev–Trinajstić information content (AvgIpc) is 3.21. The zero-order valence-electron chi connectivity index (χ0n) is 15.7. The summed E-state index contributed by atoms with van der Waals surface area (Å²) in [6.45, 7) is 2.18. The van der Waals surface area contributed by atoms with E-state index in [1.165, 1.54) is 17.4 Å². The van der Waals surface area contributed by atoms with Gasteiger partial charge in [0.15, 0.2) is 5.43 Å². The number of fused-ring (bicyclic) bond motifs is 1. The highest BCUT2D eigenvalue weighted by molar-refractivity contribution is 7.17. The van der Waals surface area contributed by atoms with Gasteiger partial charge < -0.3 is 19.9 Å². The first-order valence-corrected chi connectivity index (χ1v) is 10.1. The number of carbonyl (C=O) groups is 2. The van der Waals surface area contributed by atoms with Crippen LogP contribution in [0.1, 0.15) is 18.5 Å². The lowest BCUT2D eigenvalue weighted by molar-refractivity contribution is -0.139. The number of thiophene rings is 1. The molecule has 0 bridgehead atoms. The Morgan fingerprint density at radius 3 is 2.72 bits per heavy atom. The molecular weight excluding hydrogens is 390 g/mol. The van der Waals surface area contributed by atoms with Gasteiger partial charge in [-0.2, -0.15) is 0 Å². The van der Waals surface area contributed by atoms with Crippen LogP contribution in [0.2, 0.25) is 0 Å². The van der Waals surface area contributed by atoms with Crippen molar-refractivity contribution in [3.05, 3.63) is 81.1 Å². The number of aromatic nitrogens is 1. The van der Waals surface area contributed by atoms with Gasteiger partial charge in [0.1, 0.15) is 0 Å². The summed E-state index contributed by atoms with van der Waals surface area (Å²) in [4.78, 5) is 37.3. The van der Waals surface area contributed by atoms with Gasteiger partial charge in [-0.1, -0.05) is 30.3 Å². The molecule has 0 radical (unpaired) electrons. The smallest absolute Gasteiger partial charge is 0.338 e. The third-order valence-corrected chi connectivity index (χ3v) is 5.61. The van der Waals surface area contributed by atoms with E-state index in [2.05, 4.69) is 10.6 Å². The van der Waals surface area contributed by atoms with E-state index >= 15 is 0 Å². The van der Waals surface area contributed by atoms with Gasteiger partial charge in [0.05, 0.1) is 40.7 Å². The van der Waals surface area contributed by atoms with Crippen LogP contribution in [-0.2, 0) is 16.1 Å². The molecule has 1 aliphatic rings. The molecule has 0 fully saturated rings. The lowest BCUT2D eigenvalue weighted by Gasteiger charge is -2.30.